The Morgan fingerprint density at radius 3 is 2.20 bits per heavy atom. The molecule has 1 atom stereocenters. The zero-order valence-corrected chi connectivity index (χ0v) is 16.7. The molecule has 4 rings (SSSR count). The third-order valence-electron chi connectivity index (χ3n) is 4.86. The second-order valence-electron chi connectivity index (χ2n) is 7.02. The number of carbonyl (C=O) groups excluding carboxylic acids is 2. The molecular weight excluding hydrogens is 378 g/mol. The van der Waals surface area contributed by atoms with Crippen LogP contribution in [-0.2, 0) is 4.74 Å². The fourth-order valence-electron chi connectivity index (χ4n) is 3.36. The van der Waals surface area contributed by atoms with Crippen LogP contribution in [0.25, 0.3) is 10.9 Å². The molecule has 5 heteroatoms. The largest absolute Gasteiger partial charge is 0.457 e. The molecule has 0 fully saturated rings. The highest BCUT2D eigenvalue weighted by molar-refractivity contribution is 6.11. The number of aromatic amines is 1. The zero-order valence-electron chi connectivity index (χ0n) is 16.7. The van der Waals surface area contributed by atoms with E-state index in [4.69, 9.17) is 9.47 Å². The van der Waals surface area contributed by atoms with Crippen LogP contribution in [0.2, 0.25) is 0 Å². The van der Waals surface area contributed by atoms with Gasteiger partial charge in [-0.3, -0.25) is 4.79 Å². The van der Waals surface area contributed by atoms with Gasteiger partial charge in [0.15, 0.2) is 6.10 Å². The van der Waals surface area contributed by atoms with Crippen LogP contribution in [0.1, 0.15) is 33.3 Å². The maximum absolute atomic E-state index is 12.9. The molecule has 1 N–H and O–H groups in total. The molecule has 150 valence electrons. The summed E-state index contributed by atoms with van der Waals surface area (Å²) < 4.78 is 11.2. The Hall–Kier alpha value is -3.86. The fraction of sp³-hybridized carbons (Fsp3) is 0.120. The van der Waals surface area contributed by atoms with Gasteiger partial charge < -0.3 is 14.5 Å². The van der Waals surface area contributed by atoms with Crippen LogP contribution in [0.3, 0.4) is 0 Å². The summed E-state index contributed by atoms with van der Waals surface area (Å²) in [5.41, 5.74) is 2.54. The number of fused-ring (bicyclic) bond motifs is 1. The lowest BCUT2D eigenvalue weighted by atomic mass is 10.0. The second-order valence-corrected chi connectivity index (χ2v) is 7.02. The maximum Gasteiger partial charge on any atom is 0.338 e. The second kappa shape index (κ2) is 8.25. The monoisotopic (exact) mass is 399 g/mol. The van der Waals surface area contributed by atoms with Crippen molar-refractivity contribution in [1.82, 2.24) is 4.98 Å². The Morgan fingerprint density at radius 2 is 1.47 bits per heavy atom. The molecule has 1 aromatic heterocycles. The van der Waals surface area contributed by atoms with E-state index in [1.165, 1.54) is 0 Å². The van der Waals surface area contributed by atoms with Crippen LogP contribution in [0.15, 0.2) is 78.9 Å². The van der Waals surface area contributed by atoms with Crippen LogP contribution in [0.4, 0.5) is 0 Å². The average molecular weight is 399 g/mol. The lowest BCUT2D eigenvalue weighted by Crippen LogP contribution is -2.24. The summed E-state index contributed by atoms with van der Waals surface area (Å²) in [6, 6.07) is 23.6. The summed E-state index contributed by atoms with van der Waals surface area (Å²) >= 11 is 0. The smallest absolute Gasteiger partial charge is 0.338 e. The lowest BCUT2D eigenvalue weighted by Gasteiger charge is -2.13. The van der Waals surface area contributed by atoms with Gasteiger partial charge >= 0.3 is 5.97 Å². The molecule has 1 heterocycles. The number of hydrogen-bond donors (Lipinski definition) is 1. The topological polar surface area (TPSA) is 68.4 Å². The SMILES string of the molecule is Cc1[nH]c2ccccc2c1C(=O)[C@@H](C)OC(=O)c1ccc(Oc2ccccc2)cc1. The summed E-state index contributed by atoms with van der Waals surface area (Å²) in [5.74, 6) is 0.527. The Morgan fingerprint density at radius 1 is 0.833 bits per heavy atom. The number of carbonyl (C=O) groups is 2. The predicted molar refractivity (Wildman–Crippen MR) is 115 cm³/mol. The van der Waals surface area contributed by atoms with Gasteiger partial charge in [-0.15, -0.1) is 0 Å². The number of ether oxygens (including phenoxy) is 2. The molecule has 0 unspecified atom stereocenters. The minimum absolute atomic E-state index is 0.234. The molecular formula is C25H21NO4. The number of hydrogen-bond acceptors (Lipinski definition) is 4. The van der Waals surface area contributed by atoms with Gasteiger partial charge in [0, 0.05) is 22.2 Å². The van der Waals surface area contributed by atoms with E-state index >= 15 is 0 Å². The van der Waals surface area contributed by atoms with Crippen molar-refractivity contribution < 1.29 is 19.1 Å². The Kier molecular flexibility index (Phi) is 5.35. The number of aryl methyl sites for hydroxylation is 1. The van der Waals surface area contributed by atoms with Crippen molar-refractivity contribution >= 4 is 22.7 Å². The summed E-state index contributed by atoms with van der Waals surface area (Å²) in [6.45, 7) is 3.43. The van der Waals surface area contributed by atoms with E-state index in [9.17, 15) is 9.59 Å². The van der Waals surface area contributed by atoms with Gasteiger partial charge in [0.05, 0.1) is 5.56 Å². The van der Waals surface area contributed by atoms with Crippen LogP contribution < -0.4 is 4.74 Å². The molecule has 0 spiro atoms. The highest BCUT2D eigenvalue weighted by Crippen LogP contribution is 2.25. The van der Waals surface area contributed by atoms with Crippen LogP contribution in [-0.4, -0.2) is 22.8 Å². The first-order valence-corrected chi connectivity index (χ1v) is 9.68. The van der Waals surface area contributed by atoms with Crippen molar-refractivity contribution in [2.24, 2.45) is 0 Å². The number of esters is 1. The van der Waals surface area contributed by atoms with Crippen molar-refractivity contribution in [2.45, 2.75) is 20.0 Å². The van der Waals surface area contributed by atoms with E-state index in [1.807, 2.05) is 61.5 Å². The molecule has 0 amide bonds. The standard InChI is InChI=1S/C25H21NO4/c1-16-23(21-10-6-7-11-22(21)26-16)24(27)17(2)29-25(28)18-12-14-20(15-13-18)30-19-8-4-3-5-9-19/h3-15,17,26H,1-2H3/t17-/m1/s1. The molecule has 0 aliphatic carbocycles. The Bertz CT molecular complexity index is 1190. The molecule has 0 aliphatic heterocycles. The molecule has 3 aromatic carbocycles. The molecule has 0 bridgehead atoms. The van der Waals surface area contributed by atoms with Crippen molar-refractivity contribution in [2.75, 3.05) is 0 Å². The van der Waals surface area contributed by atoms with Crippen molar-refractivity contribution in [3.8, 4) is 11.5 Å². The zero-order chi connectivity index (χ0) is 21.1. The number of aromatic nitrogens is 1. The fourth-order valence-corrected chi connectivity index (χ4v) is 3.36. The third kappa shape index (κ3) is 3.96. The van der Waals surface area contributed by atoms with E-state index in [2.05, 4.69) is 4.98 Å². The van der Waals surface area contributed by atoms with Gasteiger partial charge in [0.25, 0.3) is 0 Å². The number of rotatable bonds is 6. The Labute approximate surface area is 174 Å². The number of nitrogens with one attached hydrogen (secondary N) is 1. The summed E-state index contributed by atoms with van der Waals surface area (Å²) in [6.07, 6.45) is -0.907. The lowest BCUT2D eigenvalue weighted by molar-refractivity contribution is 0.0319. The third-order valence-corrected chi connectivity index (χ3v) is 4.86. The van der Waals surface area contributed by atoms with Gasteiger partial charge in [-0.2, -0.15) is 0 Å². The maximum atomic E-state index is 12.9. The summed E-state index contributed by atoms with van der Waals surface area (Å²) in [5, 5.41) is 0.824. The van der Waals surface area contributed by atoms with Gasteiger partial charge in [-0.1, -0.05) is 36.4 Å². The molecule has 0 saturated carbocycles. The molecule has 4 aromatic rings. The molecule has 0 saturated heterocycles. The van der Waals surface area contributed by atoms with E-state index in [0.29, 0.717) is 22.6 Å². The quantitative estimate of drug-likeness (QED) is 0.334. The van der Waals surface area contributed by atoms with Gasteiger partial charge in [-0.05, 0) is 56.3 Å². The minimum atomic E-state index is -0.907. The van der Waals surface area contributed by atoms with Gasteiger partial charge in [0.1, 0.15) is 11.5 Å². The Balaban J connectivity index is 1.45. The van der Waals surface area contributed by atoms with Crippen LogP contribution in [0, 0.1) is 6.92 Å². The first-order chi connectivity index (χ1) is 14.5. The average Bonchev–Trinajstić information content (AvgIpc) is 3.10. The number of benzene rings is 3. The van der Waals surface area contributed by atoms with E-state index in [-0.39, 0.29) is 5.78 Å². The van der Waals surface area contributed by atoms with Crippen LogP contribution in [0.5, 0.6) is 11.5 Å². The molecule has 30 heavy (non-hydrogen) atoms. The molecule has 0 aliphatic rings. The number of para-hydroxylation sites is 2. The van der Waals surface area contributed by atoms with E-state index < -0.39 is 12.1 Å². The van der Waals surface area contributed by atoms with Gasteiger partial charge in [0.2, 0.25) is 5.78 Å². The van der Waals surface area contributed by atoms with Crippen molar-refractivity contribution in [3.63, 3.8) is 0 Å². The highest BCUT2D eigenvalue weighted by Gasteiger charge is 2.24. The predicted octanol–water partition coefficient (Wildman–Crippen LogP) is 5.70. The number of ketones is 1. The highest BCUT2D eigenvalue weighted by atomic mass is 16.5. The summed E-state index contributed by atoms with van der Waals surface area (Å²) in [7, 11) is 0. The van der Waals surface area contributed by atoms with Gasteiger partial charge in [-0.25, -0.2) is 4.79 Å². The van der Waals surface area contributed by atoms with Crippen molar-refractivity contribution in [3.05, 3.63) is 95.7 Å². The molecule has 5 nitrogen and oxygen atoms in total. The first kappa shape index (κ1) is 19.5. The van der Waals surface area contributed by atoms with Crippen molar-refractivity contribution in [1.29, 1.82) is 0 Å². The minimum Gasteiger partial charge on any atom is -0.457 e. The van der Waals surface area contributed by atoms with Crippen LogP contribution >= 0.6 is 0 Å². The van der Waals surface area contributed by atoms with E-state index in [0.717, 1.165) is 16.6 Å². The first-order valence-electron chi connectivity index (χ1n) is 9.68. The molecule has 0 radical (unpaired) electrons. The number of H-pyrrole nitrogens is 1. The number of Topliss-reactive ketones (excluding diaryl/α,β-unsaturated/α-hetero) is 1. The summed E-state index contributed by atoms with van der Waals surface area (Å²) in [4.78, 5) is 28.7. The van der Waals surface area contributed by atoms with E-state index in [1.54, 1.807) is 31.2 Å². The normalized spacial score (nSPS) is 11.8.